The third kappa shape index (κ3) is 3.54. The summed E-state index contributed by atoms with van der Waals surface area (Å²) < 4.78 is 0. The molecule has 0 saturated carbocycles. The van der Waals surface area contributed by atoms with Gasteiger partial charge < -0.3 is 20.3 Å². The molecule has 1 atom stereocenters. The second-order valence-electron chi connectivity index (χ2n) is 5.64. The molecule has 8 nitrogen and oxygen atoms in total. The molecule has 0 aliphatic carbocycles. The summed E-state index contributed by atoms with van der Waals surface area (Å²) in [5, 5.41) is 36.5. The molecule has 1 heterocycles. The predicted molar refractivity (Wildman–Crippen MR) is 93.0 cm³/mol. The van der Waals surface area contributed by atoms with Crippen molar-refractivity contribution in [3.63, 3.8) is 0 Å². The van der Waals surface area contributed by atoms with Crippen molar-refractivity contribution in [1.29, 1.82) is 0 Å². The molecule has 3 rings (SSSR count). The normalized spacial score (nSPS) is 12.5. The zero-order valence-electron chi connectivity index (χ0n) is 13.5. The standard InChI is InChI=1S/C18H15N3O5/c22-16-6-5-11(8-13(16)17(23)24)20-21-15(18(25)26)7-10-9-19-14-4-2-1-3-12(10)14/h1-6,8-9,15,19,22H,7H2,(H,23,24)(H,25,26)/t15-/m1/s1. The number of phenols is 1. The summed E-state index contributed by atoms with van der Waals surface area (Å²) in [7, 11) is 0. The number of carbonyl (C=O) groups is 2. The zero-order valence-corrected chi connectivity index (χ0v) is 13.5. The molecule has 0 bridgehead atoms. The Hall–Kier alpha value is -3.68. The lowest BCUT2D eigenvalue weighted by atomic mass is 10.1. The summed E-state index contributed by atoms with van der Waals surface area (Å²) >= 11 is 0. The van der Waals surface area contributed by atoms with Crippen molar-refractivity contribution in [2.75, 3.05) is 0 Å². The SMILES string of the molecule is O=C(O)c1cc(N=N[C@H](Cc2c[nH]c3ccccc23)C(=O)O)ccc1O. The number of aromatic nitrogens is 1. The number of H-pyrrole nitrogens is 1. The highest BCUT2D eigenvalue weighted by molar-refractivity contribution is 5.91. The first-order valence-electron chi connectivity index (χ1n) is 7.70. The summed E-state index contributed by atoms with van der Waals surface area (Å²) in [6.07, 6.45) is 1.87. The van der Waals surface area contributed by atoms with E-state index in [9.17, 15) is 19.8 Å². The van der Waals surface area contributed by atoms with Gasteiger partial charge in [0.15, 0.2) is 6.04 Å². The Bertz CT molecular complexity index is 1010. The minimum atomic E-state index is -1.31. The van der Waals surface area contributed by atoms with Crippen LogP contribution in [0.25, 0.3) is 10.9 Å². The Kier molecular flexibility index (Phi) is 4.66. The first-order valence-corrected chi connectivity index (χ1v) is 7.70. The summed E-state index contributed by atoms with van der Waals surface area (Å²) in [6.45, 7) is 0. The second-order valence-corrected chi connectivity index (χ2v) is 5.64. The molecule has 0 aliphatic rings. The quantitative estimate of drug-likeness (QED) is 0.504. The van der Waals surface area contributed by atoms with E-state index in [0.29, 0.717) is 0 Å². The van der Waals surface area contributed by atoms with Gasteiger partial charge in [0.2, 0.25) is 0 Å². The summed E-state index contributed by atoms with van der Waals surface area (Å²) in [6, 6.07) is 10.0. The lowest BCUT2D eigenvalue weighted by molar-refractivity contribution is -0.138. The number of rotatable bonds is 6. The van der Waals surface area contributed by atoms with Gasteiger partial charge in [-0.05, 0) is 29.8 Å². The van der Waals surface area contributed by atoms with E-state index in [4.69, 9.17) is 5.11 Å². The number of aromatic hydroxyl groups is 1. The van der Waals surface area contributed by atoms with E-state index in [1.54, 1.807) is 6.20 Å². The Balaban J connectivity index is 1.85. The van der Waals surface area contributed by atoms with Gasteiger partial charge in [-0.2, -0.15) is 10.2 Å². The van der Waals surface area contributed by atoms with Gasteiger partial charge in [-0.25, -0.2) is 9.59 Å². The molecule has 0 unspecified atom stereocenters. The predicted octanol–water partition coefficient (Wildman–Crippen LogP) is 3.35. The van der Waals surface area contributed by atoms with Crippen LogP contribution in [0, 0.1) is 0 Å². The highest BCUT2D eigenvalue weighted by Crippen LogP contribution is 2.25. The van der Waals surface area contributed by atoms with Crippen molar-refractivity contribution in [3.05, 3.63) is 59.8 Å². The molecule has 3 aromatic rings. The average molecular weight is 353 g/mol. The fourth-order valence-corrected chi connectivity index (χ4v) is 2.58. The second kappa shape index (κ2) is 7.06. The first kappa shape index (κ1) is 17.2. The van der Waals surface area contributed by atoms with E-state index < -0.39 is 23.7 Å². The van der Waals surface area contributed by atoms with Gasteiger partial charge in [-0.15, -0.1) is 0 Å². The van der Waals surface area contributed by atoms with Crippen LogP contribution >= 0.6 is 0 Å². The highest BCUT2D eigenvalue weighted by atomic mass is 16.4. The van der Waals surface area contributed by atoms with E-state index >= 15 is 0 Å². The number of nitrogens with zero attached hydrogens (tertiary/aromatic N) is 2. The van der Waals surface area contributed by atoms with Crippen LogP contribution in [0.4, 0.5) is 5.69 Å². The molecule has 8 heteroatoms. The summed E-state index contributed by atoms with van der Waals surface area (Å²) in [5.74, 6) is -2.85. The number of carboxylic acids is 2. The Labute approximate surface area is 147 Å². The maximum Gasteiger partial charge on any atom is 0.339 e. The fourth-order valence-electron chi connectivity index (χ4n) is 2.58. The van der Waals surface area contributed by atoms with Crippen LogP contribution in [-0.2, 0) is 11.2 Å². The number of azo groups is 1. The summed E-state index contributed by atoms with van der Waals surface area (Å²) in [4.78, 5) is 25.6. The van der Waals surface area contributed by atoms with Gasteiger partial charge in [-0.1, -0.05) is 18.2 Å². The molecule has 1 aromatic heterocycles. The van der Waals surface area contributed by atoms with Crippen LogP contribution in [0.2, 0.25) is 0 Å². The highest BCUT2D eigenvalue weighted by Gasteiger charge is 2.19. The smallest absolute Gasteiger partial charge is 0.339 e. The van der Waals surface area contributed by atoms with Crippen LogP contribution in [0.5, 0.6) is 5.75 Å². The van der Waals surface area contributed by atoms with E-state index in [-0.39, 0.29) is 17.7 Å². The van der Waals surface area contributed by atoms with Crippen LogP contribution in [0.15, 0.2) is 58.9 Å². The topological polar surface area (TPSA) is 135 Å². The Morgan fingerprint density at radius 2 is 1.88 bits per heavy atom. The van der Waals surface area contributed by atoms with Gasteiger partial charge in [0.25, 0.3) is 0 Å². The van der Waals surface area contributed by atoms with E-state index in [1.165, 1.54) is 12.1 Å². The van der Waals surface area contributed by atoms with E-state index in [1.807, 2.05) is 24.3 Å². The van der Waals surface area contributed by atoms with Crippen molar-refractivity contribution in [1.82, 2.24) is 4.98 Å². The number of aromatic carboxylic acids is 1. The van der Waals surface area contributed by atoms with Crippen molar-refractivity contribution >= 4 is 28.5 Å². The van der Waals surface area contributed by atoms with Crippen molar-refractivity contribution in [3.8, 4) is 5.75 Å². The van der Waals surface area contributed by atoms with Crippen LogP contribution < -0.4 is 0 Å². The number of para-hydroxylation sites is 1. The molecule has 0 spiro atoms. The lowest BCUT2D eigenvalue weighted by Gasteiger charge is -2.06. The largest absolute Gasteiger partial charge is 0.507 e. The molecule has 0 saturated heterocycles. The molecule has 4 N–H and O–H groups in total. The number of aromatic amines is 1. The molecule has 2 aromatic carbocycles. The van der Waals surface area contributed by atoms with Crippen LogP contribution in [-0.4, -0.2) is 38.3 Å². The van der Waals surface area contributed by atoms with Crippen molar-refractivity contribution in [2.24, 2.45) is 10.2 Å². The van der Waals surface area contributed by atoms with Gasteiger partial charge in [0.05, 0.1) is 5.69 Å². The average Bonchev–Trinajstić information content (AvgIpc) is 3.02. The third-order valence-corrected chi connectivity index (χ3v) is 3.90. The molecule has 0 amide bonds. The molecule has 0 fully saturated rings. The molecule has 0 radical (unpaired) electrons. The minimum Gasteiger partial charge on any atom is -0.507 e. The first-order chi connectivity index (χ1) is 12.5. The molecule has 26 heavy (non-hydrogen) atoms. The maximum atomic E-state index is 11.5. The Morgan fingerprint density at radius 1 is 1.12 bits per heavy atom. The molecular weight excluding hydrogens is 338 g/mol. The van der Waals surface area contributed by atoms with E-state index in [2.05, 4.69) is 15.2 Å². The molecule has 132 valence electrons. The lowest BCUT2D eigenvalue weighted by Crippen LogP contribution is -2.20. The number of benzene rings is 2. The van der Waals surface area contributed by atoms with Gasteiger partial charge in [0.1, 0.15) is 11.3 Å². The minimum absolute atomic E-state index is 0.132. The monoisotopic (exact) mass is 353 g/mol. The number of hydrogen-bond donors (Lipinski definition) is 4. The van der Waals surface area contributed by atoms with Crippen molar-refractivity contribution < 1.29 is 24.9 Å². The number of hydrogen-bond acceptors (Lipinski definition) is 5. The zero-order chi connectivity index (χ0) is 18.7. The number of aliphatic carboxylic acids is 1. The number of carboxylic acid groups (broad SMARTS) is 2. The maximum absolute atomic E-state index is 11.5. The molecule has 0 aliphatic heterocycles. The van der Waals surface area contributed by atoms with Gasteiger partial charge in [-0.3, -0.25) is 0 Å². The van der Waals surface area contributed by atoms with Crippen molar-refractivity contribution in [2.45, 2.75) is 12.5 Å². The number of fused-ring (bicyclic) bond motifs is 1. The van der Waals surface area contributed by atoms with Crippen LogP contribution in [0.3, 0.4) is 0 Å². The fraction of sp³-hybridized carbons (Fsp3) is 0.111. The molecular formula is C18H15N3O5. The summed E-state index contributed by atoms with van der Waals surface area (Å²) in [5.41, 5.74) is 1.51. The van der Waals surface area contributed by atoms with E-state index in [0.717, 1.165) is 22.5 Å². The van der Waals surface area contributed by atoms with Gasteiger partial charge >= 0.3 is 11.9 Å². The number of nitrogens with one attached hydrogen (secondary N) is 1. The van der Waals surface area contributed by atoms with Gasteiger partial charge in [0, 0.05) is 23.5 Å². The third-order valence-electron chi connectivity index (χ3n) is 3.90. The Morgan fingerprint density at radius 3 is 2.62 bits per heavy atom. The van der Waals surface area contributed by atoms with Crippen LogP contribution in [0.1, 0.15) is 15.9 Å².